The third kappa shape index (κ3) is 5.71. The lowest BCUT2D eigenvalue weighted by Crippen LogP contribution is -2.27. The van der Waals surface area contributed by atoms with Gasteiger partial charge in [0.15, 0.2) is 11.5 Å². The molecule has 3 rings (SSSR count). The van der Waals surface area contributed by atoms with Crippen molar-refractivity contribution in [2.75, 3.05) is 33.4 Å². The minimum absolute atomic E-state index is 0.130. The van der Waals surface area contributed by atoms with Crippen LogP contribution in [0.1, 0.15) is 37.5 Å². The van der Waals surface area contributed by atoms with E-state index in [1.54, 1.807) is 13.2 Å². The van der Waals surface area contributed by atoms with E-state index in [9.17, 15) is 5.11 Å². The van der Waals surface area contributed by atoms with E-state index in [0.717, 1.165) is 53.2 Å². The number of phenols is 1. The lowest BCUT2D eigenvalue weighted by Gasteiger charge is -2.18. The molecule has 0 aliphatic carbocycles. The largest absolute Gasteiger partial charge is 0.504 e. The Morgan fingerprint density at radius 3 is 2.12 bits per heavy atom. The van der Waals surface area contributed by atoms with Crippen molar-refractivity contribution in [2.45, 2.75) is 20.8 Å². The predicted octanol–water partition coefficient (Wildman–Crippen LogP) is 6.10. The highest BCUT2D eigenvalue weighted by molar-refractivity contribution is 5.98. The van der Waals surface area contributed by atoms with Crippen molar-refractivity contribution in [3.05, 3.63) is 89.5 Å². The SMILES string of the molecule is CCN(CC)CCOc1ccc(/C(=C(/C)c2ccccc2)c2ccc(O)c(OC)c2)cc1. The minimum Gasteiger partial charge on any atom is -0.504 e. The standard InChI is InChI=1S/C28H33NO3/c1-5-29(6-2)18-19-32-25-15-12-23(13-16-25)28(21(3)22-10-8-7-9-11-22)24-14-17-26(30)27(20-24)31-4/h7-17,20,30H,5-6,18-19H2,1-4H3/b28-21+. The minimum atomic E-state index is 0.130. The summed E-state index contributed by atoms with van der Waals surface area (Å²) in [6, 6.07) is 24.0. The van der Waals surface area contributed by atoms with Crippen molar-refractivity contribution >= 4 is 11.1 Å². The first-order valence-electron chi connectivity index (χ1n) is 11.2. The van der Waals surface area contributed by atoms with Gasteiger partial charge in [0.2, 0.25) is 0 Å². The Hall–Kier alpha value is -3.24. The van der Waals surface area contributed by atoms with Crippen molar-refractivity contribution in [1.82, 2.24) is 4.90 Å². The number of allylic oxidation sites excluding steroid dienone is 1. The number of methoxy groups -OCH3 is 1. The molecule has 0 heterocycles. The Morgan fingerprint density at radius 2 is 1.50 bits per heavy atom. The van der Waals surface area contributed by atoms with Gasteiger partial charge in [-0.2, -0.15) is 0 Å². The highest BCUT2D eigenvalue weighted by atomic mass is 16.5. The molecule has 168 valence electrons. The fraction of sp³-hybridized carbons (Fsp3) is 0.286. The zero-order valence-electron chi connectivity index (χ0n) is 19.5. The predicted molar refractivity (Wildman–Crippen MR) is 132 cm³/mol. The van der Waals surface area contributed by atoms with Gasteiger partial charge in [-0.15, -0.1) is 0 Å². The Balaban J connectivity index is 1.94. The van der Waals surface area contributed by atoms with Crippen LogP contribution in [-0.4, -0.2) is 43.4 Å². The van der Waals surface area contributed by atoms with Gasteiger partial charge in [-0.3, -0.25) is 0 Å². The van der Waals surface area contributed by atoms with E-state index in [-0.39, 0.29) is 5.75 Å². The van der Waals surface area contributed by atoms with Crippen LogP contribution in [0.15, 0.2) is 72.8 Å². The summed E-state index contributed by atoms with van der Waals surface area (Å²) in [6.45, 7) is 10.1. The summed E-state index contributed by atoms with van der Waals surface area (Å²) in [5, 5.41) is 10.1. The number of likely N-dealkylation sites (N-methyl/N-ethyl adjacent to an activating group) is 1. The fourth-order valence-electron chi connectivity index (χ4n) is 3.82. The van der Waals surface area contributed by atoms with Crippen molar-refractivity contribution in [3.8, 4) is 17.2 Å². The highest BCUT2D eigenvalue weighted by Gasteiger charge is 2.14. The molecule has 0 saturated heterocycles. The summed E-state index contributed by atoms with van der Waals surface area (Å²) < 4.78 is 11.3. The van der Waals surface area contributed by atoms with E-state index in [1.807, 2.05) is 42.5 Å². The smallest absolute Gasteiger partial charge is 0.161 e. The van der Waals surface area contributed by atoms with Gasteiger partial charge in [-0.05, 0) is 72.1 Å². The third-order valence-corrected chi connectivity index (χ3v) is 5.76. The summed E-state index contributed by atoms with van der Waals surface area (Å²) in [6.07, 6.45) is 0. The number of hydrogen-bond donors (Lipinski definition) is 1. The number of hydrogen-bond acceptors (Lipinski definition) is 4. The van der Waals surface area contributed by atoms with Gasteiger partial charge in [0.05, 0.1) is 7.11 Å². The van der Waals surface area contributed by atoms with Crippen LogP contribution < -0.4 is 9.47 Å². The lowest BCUT2D eigenvalue weighted by molar-refractivity contribution is 0.223. The van der Waals surface area contributed by atoms with Crippen LogP contribution in [0.25, 0.3) is 11.1 Å². The van der Waals surface area contributed by atoms with Crippen LogP contribution >= 0.6 is 0 Å². The third-order valence-electron chi connectivity index (χ3n) is 5.76. The number of nitrogens with zero attached hydrogens (tertiary/aromatic N) is 1. The van der Waals surface area contributed by atoms with Crippen LogP contribution in [0, 0.1) is 0 Å². The zero-order chi connectivity index (χ0) is 22.9. The first-order valence-corrected chi connectivity index (χ1v) is 11.2. The summed E-state index contributed by atoms with van der Waals surface area (Å²) in [5.74, 6) is 1.45. The van der Waals surface area contributed by atoms with Crippen LogP contribution in [0.3, 0.4) is 0 Å². The van der Waals surface area contributed by atoms with Gasteiger partial charge >= 0.3 is 0 Å². The molecule has 0 radical (unpaired) electrons. The first kappa shape index (κ1) is 23.4. The number of aromatic hydroxyl groups is 1. The van der Waals surface area contributed by atoms with Crippen LogP contribution in [0.4, 0.5) is 0 Å². The number of ether oxygens (including phenoxy) is 2. The summed E-state index contributed by atoms with van der Waals surface area (Å²) in [7, 11) is 1.57. The molecule has 0 saturated carbocycles. The van der Waals surface area contributed by atoms with E-state index in [4.69, 9.17) is 9.47 Å². The quantitative estimate of drug-likeness (QED) is 0.394. The normalized spacial score (nSPS) is 11.9. The second kappa shape index (κ2) is 11.4. The average molecular weight is 432 g/mol. The van der Waals surface area contributed by atoms with E-state index in [2.05, 4.69) is 49.9 Å². The first-order chi connectivity index (χ1) is 15.6. The van der Waals surface area contributed by atoms with Gasteiger partial charge in [-0.25, -0.2) is 0 Å². The molecular weight excluding hydrogens is 398 g/mol. The van der Waals surface area contributed by atoms with Gasteiger partial charge in [0, 0.05) is 6.54 Å². The Labute approximate surface area is 191 Å². The molecular formula is C28H33NO3. The maximum Gasteiger partial charge on any atom is 0.161 e. The highest BCUT2D eigenvalue weighted by Crippen LogP contribution is 2.37. The van der Waals surface area contributed by atoms with Crippen LogP contribution in [0.5, 0.6) is 17.2 Å². The summed E-state index contributed by atoms with van der Waals surface area (Å²) in [4.78, 5) is 2.34. The lowest BCUT2D eigenvalue weighted by atomic mass is 9.90. The molecule has 0 aliphatic heterocycles. The molecule has 0 amide bonds. The second-order valence-corrected chi connectivity index (χ2v) is 7.65. The van der Waals surface area contributed by atoms with Crippen molar-refractivity contribution in [3.63, 3.8) is 0 Å². The molecule has 4 heteroatoms. The summed E-state index contributed by atoms with van der Waals surface area (Å²) >= 11 is 0. The molecule has 3 aromatic rings. The molecule has 0 aliphatic rings. The molecule has 0 atom stereocenters. The Bertz CT molecular complexity index is 1020. The molecule has 0 fully saturated rings. The molecule has 4 nitrogen and oxygen atoms in total. The van der Waals surface area contributed by atoms with Crippen LogP contribution in [-0.2, 0) is 0 Å². The molecule has 0 bridgehead atoms. The maximum atomic E-state index is 10.1. The van der Waals surface area contributed by atoms with E-state index >= 15 is 0 Å². The van der Waals surface area contributed by atoms with Gasteiger partial charge < -0.3 is 19.5 Å². The molecule has 3 aromatic carbocycles. The molecule has 32 heavy (non-hydrogen) atoms. The Morgan fingerprint density at radius 1 is 0.844 bits per heavy atom. The van der Waals surface area contributed by atoms with Gasteiger partial charge in [-0.1, -0.05) is 62.4 Å². The average Bonchev–Trinajstić information content (AvgIpc) is 2.84. The molecule has 0 unspecified atom stereocenters. The molecule has 0 spiro atoms. The van der Waals surface area contributed by atoms with Gasteiger partial charge in [0.1, 0.15) is 12.4 Å². The molecule has 0 aromatic heterocycles. The van der Waals surface area contributed by atoms with E-state index in [0.29, 0.717) is 12.4 Å². The zero-order valence-corrected chi connectivity index (χ0v) is 19.5. The summed E-state index contributed by atoms with van der Waals surface area (Å²) in [5.41, 5.74) is 5.44. The number of rotatable bonds is 10. The van der Waals surface area contributed by atoms with Crippen molar-refractivity contribution in [1.29, 1.82) is 0 Å². The second-order valence-electron chi connectivity index (χ2n) is 7.65. The van der Waals surface area contributed by atoms with Crippen molar-refractivity contribution in [2.24, 2.45) is 0 Å². The van der Waals surface area contributed by atoms with Gasteiger partial charge in [0.25, 0.3) is 0 Å². The Kier molecular flexibility index (Phi) is 8.34. The fourth-order valence-corrected chi connectivity index (χ4v) is 3.82. The monoisotopic (exact) mass is 431 g/mol. The number of phenolic OH excluding ortho intramolecular Hbond substituents is 1. The van der Waals surface area contributed by atoms with E-state index in [1.165, 1.54) is 0 Å². The number of benzene rings is 3. The van der Waals surface area contributed by atoms with Crippen molar-refractivity contribution < 1.29 is 14.6 Å². The topological polar surface area (TPSA) is 41.9 Å². The maximum absolute atomic E-state index is 10.1. The molecule has 1 N–H and O–H groups in total. The van der Waals surface area contributed by atoms with E-state index < -0.39 is 0 Å². The van der Waals surface area contributed by atoms with Crippen LogP contribution in [0.2, 0.25) is 0 Å².